The Balaban J connectivity index is 0.00000256. The van der Waals surface area contributed by atoms with Gasteiger partial charge in [-0.25, -0.2) is 4.79 Å². The predicted octanol–water partition coefficient (Wildman–Crippen LogP) is 2.16. The maximum atomic E-state index is 11.3. The van der Waals surface area contributed by atoms with E-state index in [1.807, 2.05) is 30.3 Å². The molecule has 96 valence electrons. The molecule has 4 nitrogen and oxygen atoms in total. The number of aryl methyl sites for hydroxylation is 1. The molecule has 17 heavy (non-hydrogen) atoms. The average molecular weight is 261 g/mol. The Labute approximate surface area is 107 Å². The second-order valence-corrected chi connectivity index (χ2v) is 3.32. The van der Waals surface area contributed by atoms with Gasteiger partial charge >= 0.3 is 5.97 Å². The molecule has 0 spiro atoms. The molecule has 0 saturated carbocycles. The van der Waals surface area contributed by atoms with Gasteiger partial charge < -0.3 is 4.74 Å². The van der Waals surface area contributed by atoms with Crippen molar-refractivity contribution < 1.29 is 19.3 Å². The summed E-state index contributed by atoms with van der Waals surface area (Å²) in [4.78, 5) is 20.1. The summed E-state index contributed by atoms with van der Waals surface area (Å²) in [6, 6.07) is 9.90. The highest BCUT2D eigenvalue weighted by atomic mass is 35.5. The van der Waals surface area contributed by atoms with E-state index in [2.05, 4.69) is 9.78 Å². The maximum absolute atomic E-state index is 11.3. The highest BCUT2D eigenvalue weighted by Crippen LogP contribution is 2.08. The number of ether oxygens (including phenoxy) is 1. The largest absolute Gasteiger partial charge is 0.370 e. The molecular weight excluding hydrogens is 244 g/mol. The molecule has 0 heterocycles. The first kappa shape index (κ1) is 15.9. The minimum Gasteiger partial charge on any atom is -0.370 e. The molecule has 0 aliphatic heterocycles. The van der Waals surface area contributed by atoms with E-state index in [1.54, 1.807) is 0 Å². The number of methoxy groups -OCH3 is 1. The van der Waals surface area contributed by atoms with Gasteiger partial charge in [0.2, 0.25) is 0 Å². The summed E-state index contributed by atoms with van der Waals surface area (Å²) in [6.07, 6.45) is 0.751. The van der Waals surface area contributed by atoms with Crippen molar-refractivity contribution in [2.75, 3.05) is 14.2 Å². The van der Waals surface area contributed by atoms with Crippen molar-refractivity contribution in [1.29, 1.82) is 0 Å². The van der Waals surface area contributed by atoms with Crippen molar-refractivity contribution in [3.05, 3.63) is 35.9 Å². The van der Waals surface area contributed by atoms with E-state index >= 15 is 0 Å². The summed E-state index contributed by atoms with van der Waals surface area (Å²) >= 11 is 0. The van der Waals surface area contributed by atoms with E-state index in [0.717, 1.165) is 12.0 Å². The molecule has 1 atom stereocenters. The summed E-state index contributed by atoms with van der Waals surface area (Å²) in [5, 5.41) is 0. The Morgan fingerprint density at radius 3 is 2.41 bits per heavy atom. The minimum atomic E-state index is -0.583. The number of carbonyl (C=O) groups excluding carboxylic acids is 1. The van der Waals surface area contributed by atoms with Gasteiger partial charge in [0.15, 0.2) is 6.10 Å². The third-order valence-electron chi connectivity index (χ3n) is 2.25. The van der Waals surface area contributed by atoms with Crippen LogP contribution in [-0.4, -0.2) is 26.3 Å². The second kappa shape index (κ2) is 8.98. The molecule has 0 radical (unpaired) electrons. The van der Waals surface area contributed by atoms with Gasteiger partial charge in [0.1, 0.15) is 0 Å². The van der Waals surface area contributed by atoms with Gasteiger partial charge in [0, 0.05) is 7.11 Å². The summed E-state index contributed by atoms with van der Waals surface area (Å²) < 4.78 is 5.03. The summed E-state index contributed by atoms with van der Waals surface area (Å²) in [5.74, 6) is -0.499. The zero-order valence-electron chi connectivity index (χ0n) is 9.92. The van der Waals surface area contributed by atoms with Gasteiger partial charge in [0.05, 0.1) is 7.11 Å². The van der Waals surface area contributed by atoms with Gasteiger partial charge in [-0.1, -0.05) is 30.3 Å². The standard InChI is InChI=1S/C12H16O4.ClH/c1-14-11(12(13)16-15-2)9-8-10-6-4-3-5-7-10;/h3-7,11H,8-9H2,1-2H3;1H. The lowest BCUT2D eigenvalue weighted by molar-refractivity contribution is -0.263. The number of rotatable bonds is 6. The zero-order chi connectivity index (χ0) is 11.8. The molecule has 0 N–H and O–H groups in total. The number of halogens is 1. The molecule has 1 aromatic rings. The van der Waals surface area contributed by atoms with Gasteiger partial charge in [0.25, 0.3) is 0 Å². The highest BCUT2D eigenvalue weighted by Gasteiger charge is 2.19. The average Bonchev–Trinajstić information content (AvgIpc) is 2.31. The Hall–Kier alpha value is -1.10. The summed E-state index contributed by atoms with van der Waals surface area (Å²) in [5.41, 5.74) is 1.16. The van der Waals surface area contributed by atoms with Crippen LogP contribution in [0.15, 0.2) is 30.3 Å². The smallest absolute Gasteiger partial charge is 0.370 e. The lowest BCUT2D eigenvalue weighted by atomic mass is 10.1. The molecule has 1 aromatic carbocycles. The third kappa shape index (κ3) is 5.68. The topological polar surface area (TPSA) is 44.8 Å². The van der Waals surface area contributed by atoms with E-state index in [1.165, 1.54) is 14.2 Å². The van der Waals surface area contributed by atoms with E-state index in [9.17, 15) is 4.79 Å². The SMILES string of the molecule is COOC(=O)C(CCc1ccccc1)OC.Cl. The molecule has 0 amide bonds. The third-order valence-corrected chi connectivity index (χ3v) is 2.25. The highest BCUT2D eigenvalue weighted by molar-refractivity contribution is 5.85. The molecular formula is C12H17ClO4. The molecule has 0 aliphatic rings. The molecule has 5 heteroatoms. The van der Waals surface area contributed by atoms with Crippen molar-refractivity contribution >= 4 is 18.4 Å². The van der Waals surface area contributed by atoms with E-state index in [4.69, 9.17) is 4.74 Å². The predicted molar refractivity (Wildman–Crippen MR) is 65.9 cm³/mol. The van der Waals surface area contributed by atoms with Gasteiger partial charge in [-0.3, -0.25) is 4.89 Å². The van der Waals surface area contributed by atoms with Crippen molar-refractivity contribution in [3.8, 4) is 0 Å². The van der Waals surface area contributed by atoms with E-state index in [0.29, 0.717) is 6.42 Å². The number of hydrogen-bond donors (Lipinski definition) is 0. The molecule has 1 unspecified atom stereocenters. The van der Waals surface area contributed by atoms with Crippen LogP contribution in [0.1, 0.15) is 12.0 Å². The fraction of sp³-hybridized carbons (Fsp3) is 0.417. The fourth-order valence-corrected chi connectivity index (χ4v) is 1.41. The number of benzene rings is 1. The summed E-state index contributed by atoms with van der Waals surface area (Å²) in [7, 11) is 2.77. The molecule has 0 aliphatic carbocycles. The zero-order valence-corrected chi connectivity index (χ0v) is 10.7. The Kier molecular flexibility index (Phi) is 8.40. The van der Waals surface area contributed by atoms with Crippen molar-refractivity contribution in [3.63, 3.8) is 0 Å². The Morgan fingerprint density at radius 2 is 1.88 bits per heavy atom. The van der Waals surface area contributed by atoms with Crippen LogP contribution < -0.4 is 0 Å². The molecule has 0 saturated heterocycles. The Morgan fingerprint density at radius 1 is 1.24 bits per heavy atom. The van der Waals surface area contributed by atoms with E-state index < -0.39 is 12.1 Å². The first-order valence-electron chi connectivity index (χ1n) is 5.09. The first-order valence-corrected chi connectivity index (χ1v) is 5.09. The molecule has 1 rings (SSSR count). The molecule has 0 bridgehead atoms. The normalized spacial score (nSPS) is 11.4. The number of carbonyl (C=O) groups is 1. The van der Waals surface area contributed by atoms with Crippen molar-refractivity contribution in [2.45, 2.75) is 18.9 Å². The van der Waals surface area contributed by atoms with Crippen molar-refractivity contribution in [2.24, 2.45) is 0 Å². The second-order valence-electron chi connectivity index (χ2n) is 3.32. The molecule has 0 aromatic heterocycles. The van der Waals surface area contributed by atoms with Crippen LogP contribution in [0.3, 0.4) is 0 Å². The Bertz CT molecular complexity index is 316. The number of hydrogen-bond acceptors (Lipinski definition) is 4. The quantitative estimate of drug-likeness (QED) is 0.581. The van der Waals surface area contributed by atoms with Crippen LogP contribution >= 0.6 is 12.4 Å². The minimum absolute atomic E-state index is 0. The van der Waals surface area contributed by atoms with Crippen LogP contribution in [0.4, 0.5) is 0 Å². The fourth-order valence-electron chi connectivity index (χ4n) is 1.41. The van der Waals surface area contributed by atoms with Gasteiger partial charge in [-0.05, 0) is 18.4 Å². The van der Waals surface area contributed by atoms with Crippen LogP contribution in [-0.2, 0) is 25.7 Å². The lowest BCUT2D eigenvalue weighted by Gasteiger charge is -2.12. The van der Waals surface area contributed by atoms with Crippen LogP contribution in [0.25, 0.3) is 0 Å². The summed E-state index contributed by atoms with van der Waals surface area (Å²) in [6.45, 7) is 0. The first-order chi connectivity index (χ1) is 7.77. The van der Waals surface area contributed by atoms with Gasteiger partial charge in [-0.2, -0.15) is 4.89 Å². The van der Waals surface area contributed by atoms with Crippen LogP contribution in [0, 0.1) is 0 Å². The van der Waals surface area contributed by atoms with Crippen molar-refractivity contribution in [1.82, 2.24) is 0 Å². The van der Waals surface area contributed by atoms with E-state index in [-0.39, 0.29) is 12.4 Å². The van der Waals surface area contributed by atoms with Crippen LogP contribution in [0.5, 0.6) is 0 Å². The maximum Gasteiger partial charge on any atom is 0.370 e. The monoisotopic (exact) mass is 260 g/mol. The van der Waals surface area contributed by atoms with Crippen LogP contribution in [0.2, 0.25) is 0 Å². The lowest BCUT2D eigenvalue weighted by Crippen LogP contribution is -2.25. The molecule has 0 fully saturated rings. The van der Waals surface area contributed by atoms with Gasteiger partial charge in [-0.15, -0.1) is 12.4 Å².